The Morgan fingerprint density at radius 3 is 2.79 bits per heavy atom. The highest BCUT2D eigenvalue weighted by atomic mass is 35.5. The van der Waals surface area contributed by atoms with Crippen molar-refractivity contribution in [3.05, 3.63) is 98.9 Å². The Morgan fingerprint density at radius 1 is 1.08 bits per heavy atom. The van der Waals surface area contributed by atoms with Crippen molar-refractivity contribution in [1.82, 2.24) is 25.6 Å². The zero-order valence-electron chi connectivity index (χ0n) is 21.8. The minimum absolute atomic E-state index is 0.114. The van der Waals surface area contributed by atoms with Crippen LogP contribution in [0.2, 0.25) is 5.02 Å². The van der Waals surface area contributed by atoms with Crippen molar-refractivity contribution in [2.75, 3.05) is 19.7 Å². The molecule has 0 bridgehead atoms. The Hall–Kier alpha value is -3.20. The van der Waals surface area contributed by atoms with Crippen LogP contribution in [0.5, 0.6) is 0 Å². The third kappa shape index (κ3) is 5.33. The number of aromatic nitrogens is 3. The number of nitrogens with zero attached hydrogens (tertiary/aromatic N) is 3. The number of fused-ring (bicyclic) bond motifs is 2. The summed E-state index contributed by atoms with van der Waals surface area (Å²) in [7, 11) is 0. The van der Waals surface area contributed by atoms with Crippen molar-refractivity contribution >= 4 is 33.8 Å². The van der Waals surface area contributed by atoms with E-state index in [4.69, 9.17) is 26.7 Å². The molecule has 6 nitrogen and oxygen atoms in total. The van der Waals surface area contributed by atoms with Gasteiger partial charge in [0.25, 0.3) is 0 Å². The van der Waals surface area contributed by atoms with Gasteiger partial charge in [-0.3, -0.25) is 9.97 Å². The second-order valence-electron chi connectivity index (χ2n) is 9.82. The molecule has 0 spiro atoms. The highest BCUT2D eigenvalue weighted by molar-refractivity contribution is 7.15. The summed E-state index contributed by atoms with van der Waals surface area (Å²) >= 11 is 8.88. The molecule has 6 rings (SSSR count). The molecule has 3 aromatic heterocycles. The summed E-state index contributed by atoms with van der Waals surface area (Å²) < 4.78 is 0. The molecule has 3 N–H and O–H groups in total. The Morgan fingerprint density at radius 2 is 1.92 bits per heavy atom. The van der Waals surface area contributed by atoms with Crippen LogP contribution in [0.25, 0.3) is 32.6 Å². The molecule has 0 fully saturated rings. The van der Waals surface area contributed by atoms with Crippen molar-refractivity contribution in [3.8, 4) is 21.7 Å². The lowest BCUT2D eigenvalue weighted by atomic mass is 9.94. The molecule has 1 aliphatic heterocycles. The second kappa shape index (κ2) is 11.5. The summed E-state index contributed by atoms with van der Waals surface area (Å²) in [5, 5.41) is 18.5. The molecule has 0 aliphatic carbocycles. The van der Waals surface area contributed by atoms with Crippen molar-refractivity contribution in [3.63, 3.8) is 0 Å². The monoisotopic (exact) mass is 555 g/mol. The molecule has 4 heterocycles. The predicted molar refractivity (Wildman–Crippen MR) is 159 cm³/mol. The van der Waals surface area contributed by atoms with Crippen molar-refractivity contribution in [2.24, 2.45) is 0 Å². The van der Waals surface area contributed by atoms with E-state index in [1.807, 2.05) is 18.5 Å². The molecule has 0 saturated heterocycles. The van der Waals surface area contributed by atoms with Crippen molar-refractivity contribution in [2.45, 2.75) is 32.9 Å². The maximum atomic E-state index is 9.02. The first kappa shape index (κ1) is 26.0. The van der Waals surface area contributed by atoms with Crippen LogP contribution in [-0.2, 0) is 25.9 Å². The zero-order chi connectivity index (χ0) is 26.8. The lowest BCUT2D eigenvalue weighted by molar-refractivity contribution is 0.292. The van der Waals surface area contributed by atoms with Crippen molar-refractivity contribution < 1.29 is 5.11 Å². The van der Waals surface area contributed by atoms with Gasteiger partial charge in [-0.15, -0.1) is 11.3 Å². The van der Waals surface area contributed by atoms with Crippen LogP contribution in [0.3, 0.4) is 0 Å². The number of benzene rings is 2. The number of hydrogen-bond acceptors (Lipinski definition) is 7. The number of halogens is 1. The molecule has 8 heteroatoms. The van der Waals surface area contributed by atoms with E-state index >= 15 is 0 Å². The third-order valence-electron chi connectivity index (χ3n) is 7.24. The maximum absolute atomic E-state index is 9.02. The smallest absolute Gasteiger partial charge is 0.124 e. The van der Waals surface area contributed by atoms with Gasteiger partial charge in [0.1, 0.15) is 5.01 Å². The van der Waals surface area contributed by atoms with Crippen molar-refractivity contribution in [1.29, 1.82) is 0 Å². The molecule has 0 radical (unpaired) electrons. The number of nitrogens with one attached hydrogen (secondary N) is 2. The van der Waals surface area contributed by atoms with Gasteiger partial charge < -0.3 is 15.7 Å². The summed E-state index contributed by atoms with van der Waals surface area (Å²) in [4.78, 5) is 15.7. The first-order valence-electron chi connectivity index (χ1n) is 13.2. The van der Waals surface area contributed by atoms with E-state index in [1.165, 1.54) is 16.1 Å². The molecule has 0 atom stereocenters. The number of aliphatic hydroxyl groups excluding tert-OH is 1. The van der Waals surface area contributed by atoms with E-state index in [0.717, 1.165) is 74.0 Å². The Bertz CT molecular complexity index is 1630. The van der Waals surface area contributed by atoms with E-state index in [1.54, 1.807) is 11.3 Å². The topological polar surface area (TPSA) is 83.0 Å². The number of thiazole rings is 1. The molecule has 0 amide bonds. The average Bonchev–Trinajstić information content (AvgIpc) is 3.39. The number of pyridine rings is 2. The molecule has 198 valence electrons. The van der Waals surface area contributed by atoms with Gasteiger partial charge in [0.2, 0.25) is 0 Å². The quantitative estimate of drug-likeness (QED) is 0.213. The van der Waals surface area contributed by atoms with Crippen LogP contribution in [0, 0.1) is 6.92 Å². The standard InChI is InChI=1S/C31H30ClN5OS/c1-19-23(5-3-6-24(19)31-37-26-9-10-33-18-28(26)39-31)25-7-2-4-21(29(25)32)15-27-30-22(8-11-35-27)14-20(17-36-30)16-34-12-13-38/h2-8,11,14,17,33-34,38H,9-10,12-13,15-16,18H2,1H3. The fourth-order valence-corrected chi connectivity index (χ4v) is 6.66. The Labute approximate surface area is 237 Å². The van der Waals surface area contributed by atoms with Crippen LogP contribution in [0.1, 0.15) is 33.0 Å². The number of hydrogen-bond donors (Lipinski definition) is 3. The molecule has 39 heavy (non-hydrogen) atoms. The molecule has 2 aromatic carbocycles. The third-order valence-corrected chi connectivity index (χ3v) is 8.82. The highest BCUT2D eigenvalue weighted by Gasteiger charge is 2.19. The minimum atomic E-state index is 0.114. The van der Waals surface area contributed by atoms with Crippen LogP contribution >= 0.6 is 22.9 Å². The van der Waals surface area contributed by atoms with E-state index in [2.05, 4.69) is 65.0 Å². The number of aliphatic hydroxyl groups is 1. The van der Waals surface area contributed by atoms with Gasteiger partial charge in [0.15, 0.2) is 0 Å². The largest absolute Gasteiger partial charge is 0.395 e. The van der Waals surface area contributed by atoms with Gasteiger partial charge in [0.05, 0.1) is 28.5 Å². The molecule has 0 saturated carbocycles. The fraction of sp³-hybridized carbons (Fsp3) is 0.258. The summed E-state index contributed by atoms with van der Waals surface area (Å²) in [5.74, 6) is 0. The summed E-state index contributed by atoms with van der Waals surface area (Å²) in [5.41, 5.74) is 9.57. The molecule has 0 unspecified atom stereocenters. The molecule has 1 aliphatic rings. The Kier molecular flexibility index (Phi) is 7.68. The van der Waals surface area contributed by atoms with Gasteiger partial charge in [-0.2, -0.15) is 0 Å². The average molecular weight is 556 g/mol. The van der Waals surface area contributed by atoms with Crippen LogP contribution < -0.4 is 10.6 Å². The SMILES string of the molecule is Cc1c(-c2nc3c(s2)CNCC3)cccc1-c1cccc(Cc2nccc3cc(CNCCO)cnc23)c1Cl. The van der Waals surface area contributed by atoms with Gasteiger partial charge in [-0.05, 0) is 41.3 Å². The second-order valence-corrected chi connectivity index (χ2v) is 11.3. The first-order valence-corrected chi connectivity index (χ1v) is 14.4. The van der Waals surface area contributed by atoms with Gasteiger partial charge >= 0.3 is 0 Å². The molecular formula is C31H30ClN5OS. The first-order chi connectivity index (χ1) is 19.1. The molecule has 5 aromatic rings. The zero-order valence-corrected chi connectivity index (χ0v) is 23.4. The Balaban J connectivity index is 1.32. The van der Waals surface area contributed by atoms with E-state index < -0.39 is 0 Å². The summed E-state index contributed by atoms with van der Waals surface area (Å²) in [6, 6.07) is 16.7. The van der Waals surface area contributed by atoms with Crippen LogP contribution in [-0.4, -0.2) is 39.8 Å². The minimum Gasteiger partial charge on any atom is -0.395 e. The predicted octanol–water partition coefficient (Wildman–Crippen LogP) is 5.70. The maximum Gasteiger partial charge on any atom is 0.124 e. The van der Waals surface area contributed by atoms with Gasteiger partial charge in [-0.1, -0.05) is 48.0 Å². The van der Waals surface area contributed by atoms with E-state index in [9.17, 15) is 0 Å². The van der Waals surface area contributed by atoms with E-state index in [-0.39, 0.29) is 6.61 Å². The fourth-order valence-electron chi connectivity index (χ4n) is 5.21. The summed E-state index contributed by atoms with van der Waals surface area (Å²) in [6.45, 7) is 5.38. The van der Waals surface area contributed by atoms with Gasteiger partial charge in [-0.25, -0.2) is 4.98 Å². The van der Waals surface area contributed by atoms with Crippen LogP contribution in [0.15, 0.2) is 60.9 Å². The molecular weight excluding hydrogens is 526 g/mol. The van der Waals surface area contributed by atoms with E-state index in [0.29, 0.717) is 19.5 Å². The lowest BCUT2D eigenvalue weighted by Crippen LogP contribution is -2.22. The van der Waals surface area contributed by atoms with Crippen LogP contribution in [0.4, 0.5) is 0 Å². The highest BCUT2D eigenvalue weighted by Crippen LogP contribution is 2.39. The lowest BCUT2D eigenvalue weighted by Gasteiger charge is -2.14. The van der Waals surface area contributed by atoms with Gasteiger partial charge in [0, 0.05) is 72.8 Å². The summed E-state index contributed by atoms with van der Waals surface area (Å²) in [6.07, 6.45) is 5.28. The number of rotatable bonds is 8. The normalized spacial score (nSPS) is 13.1.